The second-order valence-electron chi connectivity index (χ2n) is 4.85. The first kappa shape index (κ1) is 14.5. The van der Waals surface area contributed by atoms with Crippen molar-refractivity contribution in [2.24, 2.45) is 0 Å². The van der Waals surface area contributed by atoms with E-state index in [1.165, 1.54) is 18.4 Å². The zero-order valence-corrected chi connectivity index (χ0v) is 14.5. The molecule has 20 heavy (non-hydrogen) atoms. The molecular formula is C14H16BrN3S2. The van der Waals surface area contributed by atoms with Crippen molar-refractivity contribution < 1.29 is 0 Å². The van der Waals surface area contributed by atoms with E-state index in [-0.39, 0.29) is 0 Å². The molecular weight excluding hydrogens is 354 g/mol. The summed E-state index contributed by atoms with van der Waals surface area (Å²) < 4.78 is 2.21. The van der Waals surface area contributed by atoms with E-state index in [2.05, 4.69) is 55.3 Å². The van der Waals surface area contributed by atoms with Crippen LogP contribution in [0.5, 0.6) is 0 Å². The first-order valence-electron chi connectivity index (χ1n) is 6.62. The molecule has 1 aromatic heterocycles. The van der Waals surface area contributed by atoms with Crippen LogP contribution in [0.4, 0.5) is 0 Å². The minimum Gasteiger partial charge on any atom is -0.290 e. The van der Waals surface area contributed by atoms with E-state index in [4.69, 9.17) is 0 Å². The summed E-state index contributed by atoms with van der Waals surface area (Å²) in [7, 11) is 0. The number of nitrogens with zero attached hydrogens (tertiary/aromatic N) is 3. The van der Waals surface area contributed by atoms with Crippen LogP contribution in [0.1, 0.15) is 29.5 Å². The van der Waals surface area contributed by atoms with Crippen molar-refractivity contribution in [2.75, 3.05) is 12.8 Å². The third-order valence-electron chi connectivity index (χ3n) is 3.56. The number of likely N-dealkylation sites (tertiary alicyclic amines) is 1. The highest BCUT2D eigenvalue weighted by Crippen LogP contribution is 2.34. The van der Waals surface area contributed by atoms with Crippen molar-refractivity contribution in [3.63, 3.8) is 0 Å². The molecule has 1 aromatic carbocycles. The fourth-order valence-electron chi connectivity index (χ4n) is 2.67. The standard InChI is InChI=1S/C14H16BrN3S2/c1-19-14-17-16-13(20-14)9-18-7-3-6-12(18)10-4-2-5-11(15)8-10/h2,4-5,8,12H,3,6-7,9H2,1H3. The lowest BCUT2D eigenvalue weighted by molar-refractivity contribution is 0.247. The minimum absolute atomic E-state index is 0.508. The van der Waals surface area contributed by atoms with Gasteiger partial charge >= 0.3 is 0 Å². The third-order valence-corrected chi connectivity index (χ3v) is 5.94. The summed E-state index contributed by atoms with van der Waals surface area (Å²) in [6, 6.07) is 9.16. The second kappa shape index (κ2) is 6.56. The molecule has 3 rings (SSSR count). The fraction of sp³-hybridized carbons (Fsp3) is 0.429. The summed E-state index contributed by atoms with van der Waals surface area (Å²) in [5.74, 6) is 0. The van der Waals surface area contributed by atoms with Gasteiger partial charge in [-0.2, -0.15) is 0 Å². The number of benzene rings is 1. The molecule has 0 N–H and O–H groups in total. The van der Waals surface area contributed by atoms with Gasteiger partial charge in [-0.1, -0.05) is 51.2 Å². The monoisotopic (exact) mass is 369 g/mol. The Bertz CT molecular complexity index is 587. The Balaban J connectivity index is 1.75. The molecule has 0 aliphatic carbocycles. The molecule has 1 aliphatic rings. The normalized spacial score (nSPS) is 19.6. The average Bonchev–Trinajstić information content (AvgIpc) is 3.08. The number of halogens is 1. The average molecular weight is 370 g/mol. The van der Waals surface area contributed by atoms with Crippen LogP contribution in [0.25, 0.3) is 0 Å². The van der Waals surface area contributed by atoms with E-state index >= 15 is 0 Å². The van der Waals surface area contributed by atoms with Crippen molar-refractivity contribution in [1.29, 1.82) is 0 Å². The van der Waals surface area contributed by atoms with Crippen molar-refractivity contribution in [1.82, 2.24) is 15.1 Å². The van der Waals surface area contributed by atoms with Gasteiger partial charge in [0.2, 0.25) is 0 Å². The van der Waals surface area contributed by atoms with Gasteiger partial charge in [0, 0.05) is 10.5 Å². The van der Waals surface area contributed by atoms with Gasteiger partial charge in [0.1, 0.15) is 5.01 Å². The van der Waals surface area contributed by atoms with Gasteiger partial charge < -0.3 is 0 Å². The molecule has 0 amide bonds. The Morgan fingerprint density at radius 2 is 2.35 bits per heavy atom. The molecule has 106 valence electrons. The molecule has 2 heterocycles. The summed E-state index contributed by atoms with van der Waals surface area (Å²) in [4.78, 5) is 2.52. The predicted molar refractivity (Wildman–Crippen MR) is 88.2 cm³/mol. The van der Waals surface area contributed by atoms with E-state index in [1.807, 2.05) is 6.26 Å². The lowest BCUT2D eigenvalue weighted by Gasteiger charge is -2.23. The van der Waals surface area contributed by atoms with Gasteiger partial charge in [0.15, 0.2) is 4.34 Å². The number of thioether (sulfide) groups is 1. The van der Waals surface area contributed by atoms with E-state index in [0.29, 0.717) is 6.04 Å². The van der Waals surface area contributed by atoms with Gasteiger partial charge in [-0.25, -0.2) is 0 Å². The first-order valence-corrected chi connectivity index (χ1v) is 9.45. The molecule has 0 spiro atoms. The van der Waals surface area contributed by atoms with E-state index in [1.54, 1.807) is 23.1 Å². The molecule has 2 aromatic rings. The van der Waals surface area contributed by atoms with Crippen LogP contribution >= 0.6 is 39.0 Å². The van der Waals surface area contributed by atoms with E-state index in [9.17, 15) is 0 Å². The molecule has 0 radical (unpaired) electrons. The third kappa shape index (κ3) is 3.24. The number of rotatable bonds is 4. The highest BCUT2D eigenvalue weighted by Gasteiger charge is 2.27. The highest BCUT2D eigenvalue weighted by atomic mass is 79.9. The van der Waals surface area contributed by atoms with Crippen LogP contribution in [0.3, 0.4) is 0 Å². The minimum atomic E-state index is 0.508. The van der Waals surface area contributed by atoms with Crippen LogP contribution in [0.15, 0.2) is 33.1 Å². The second-order valence-corrected chi connectivity index (χ2v) is 7.88. The summed E-state index contributed by atoms with van der Waals surface area (Å²) in [6.45, 7) is 2.06. The number of hydrogen-bond acceptors (Lipinski definition) is 5. The Hall–Kier alpha value is -0.430. The number of aromatic nitrogens is 2. The van der Waals surface area contributed by atoms with Crippen LogP contribution in [0.2, 0.25) is 0 Å². The fourth-order valence-corrected chi connectivity index (χ4v) is 4.42. The van der Waals surface area contributed by atoms with Crippen molar-refractivity contribution >= 4 is 39.0 Å². The molecule has 1 unspecified atom stereocenters. The molecule has 1 fully saturated rings. The Morgan fingerprint density at radius 1 is 1.45 bits per heavy atom. The van der Waals surface area contributed by atoms with Crippen LogP contribution in [-0.2, 0) is 6.54 Å². The summed E-state index contributed by atoms with van der Waals surface area (Å²) in [5.41, 5.74) is 1.39. The Kier molecular flexibility index (Phi) is 4.75. The maximum Gasteiger partial charge on any atom is 0.174 e. The molecule has 0 bridgehead atoms. The van der Waals surface area contributed by atoms with Crippen molar-refractivity contribution in [3.8, 4) is 0 Å². The molecule has 0 saturated carbocycles. The molecule has 1 saturated heterocycles. The maximum atomic E-state index is 4.29. The summed E-state index contributed by atoms with van der Waals surface area (Å²) in [5, 5.41) is 9.60. The molecule has 3 nitrogen and oxygen atoms in total. The SMILES string of the molecule is CSc1nnc(CN2CCCC2c2cccc(Br)c2)s1. The van der Waals surface area contributed by atoms with E-state index in [0.717, 1.165) is 26.9 Å². The Labute approximate surface area is 135 Å². The summed E-state index contributed by atoms with van der Waals surface area (Å²) >= 11 is 6.94. The Morgan fingerprint density at radius 3 is 3.10 bits per heavy atom. The zero-order chi connectivity index (χ0) is 13.9. The van der Waals surface area contributed by atoms with Crippen molar-refractivity contribution in [3.05, 3.63) is 39.3 Å². The lowest BCUT2D eigenvalue weighted by Crippen LogP contribution is -2.22. The number of hydrogen-bond donors (Lipinski definition) is 0. The van der Waals surface area contributed by atoms with Crippen LogP contribution in [0, 0.1) is 0 Å². The topological polar surface area (TPSA) is 29.0 Å². The van der Waals surface area contributed by atoms with Gasteiger partial charge in [-0.05, 0) is 43.3 Å². The molecule has 1 aliphatic heterocycles. The van der Waals surface area contributed by atoms with Gasteiger partial charge in [0.25, 0.3) is 0 Å². The largest absolute Gasteiger partial charge is 0.290 e. The van der Waals surface area contributed by atoms with Gasteiger partial charge in [-0.3, -0.25) is 4.90 Å². The van der Waals surface area contributed by atoms with Crippen molar-refractivity contribution in [2.45, 2.75) is 29.8 Å². The van der Waals surface area contributed by atoms with Gasteiger partial charge in [0.05, 0.1) is 6.54 Å². The summed E-state index contributed by atoms with van der Waals surface area (Å²) in [6.07, 6.45) is 4.53. The first-order chi connectivity index (χ1) is 9.76. The highest BCUT2D eigenvalue weighted by molar-refractivity contribution is 9.10. The smallest absolute Gasteiger partial charge is 0.174 e. The maximum absolute atomic E-state index is 4.29. The predicted octanol–water partition coefficient (Wildman–Crippen LogP) is 4.36. The van der Waals surface area contributed by atoms with Gasteiger partial charge in [-0.15, -0.1) is 10.2 Å². The van der Waals surface area contributed by atoms with E-state index < -0.39 is 0 Å². The molecule has 6 heteroatoms. The quantitative estimate of drug-likeness (QED) is 0.748. The van der Waals surface area contributed by atoms with Crippen LogP contribution < -0.4 is 0 Å². The molecule has 1 atom stereocenters. The lowest BCUT2D eigenvalue weighted by atomic mass is 10.0. The zero-order valence-electron chi connectivity index (χ0n) is 11.3. The van der Waals surface area contributed by atoms with Crippen LogP contribution in [-0.4, -0.2) is 27.9 Å².